The van der Waals surface area contributed by atoms with Crippen molar-refractivity contribution >= 4 is 11.9 Å². The van der Waals surface area contributed by atoms with Gasteiger partial charge in [-0.25, -0.2) is 4.79 Å². The van der Waals surface area contributed by atoms with E-state index in [1.165, 1.54) is 7.11 Å². The summed E-state index contributed by atoms with van der Waals surface area (Å²) in [5.74, 6) is -1.90. The number of pyridine rings is 1. The average Bonchev–Trinajstić information content (AvgIpc) is 3.14. The zero-order valence-electron chi connectivity index (χ0n) is 14.6. The highest BCUT2D eigenvalue weighted by molar-refractivity contribution is 5.92. The molecule has 2 N–H and O–H groups in total. The molecule has 9 nitrogen and oxygen atoms in total. The topological polar surface area (TPSA) is 124 Å². The minimum absolute atomic E-state index is 0.0596. The molecular formula is C18H17NO8. The van der Waals surface area contributed by atoms with E-state index in [-0.39, 0.29) is 24.3 Å². The van der Waals surface area contributed by atoms with Crippen molar-refractivity contribution in [1.82, 2.24) is 4.98 Å². The average molecular weight is 375 g/mol. The molecule has 1 atom stereocenters. The zero-order valence-corrected chi connectivity index (χ0v) is 14.6. The number of carbonyl (C=O) groups excluding carboxylic acids is 2. The molecule has 9 heteroatoms. The summed E-state index contributed by atoms with van der Waals surface area (Å²) in [4.78, 5) is 38.6. The molecule has 0 saturated carbocycles. The van der Waals surface area contributed by atoms with E-state index >= 15 is 0 Å². The molecule has 0 amide bonds. The van der Waals surface area contributed by atoms with Gasteiger partial charge in [-0.05, 0) is 17.7 Å². The Labute approximate surface area is 153 Å². The third kappa shape index (κ3) is 3.43. The highest BCUT2D eigenvalue weighted by Crippen LogP contribution is 2.39. The molecule has 0 unspecified atom stereocenters. The molecule has 0 radical (unpaired) electrons. The number of esters is 2. The molecule has 0 saturated heterocycles. The summed E-state index contributed by atoms with van der Waals surface area (Å²) in [6.07, 6.45) is 0.819. The molecular weight excluding hydrogens is 358 g/mol. The van der Waals surface area contributed by atoms with Gasteiger partial charge in [0, 0.05) is 12.1 Å². The van der Waals surface area contributed by atoms with Crippen LogP contribution in [0.4, 0.5) is 0 Å². The lowest BCUT2D eigenvalue weighted by molar-refractivity contribution is -0.140. The molecule has 1 aromatic carbocycles. The SMILES string of the molecule is COC(=O)C[C@H](c1ccc2c(c1)OCO2)c1c(O)c(C(=O)OC)c[nH]c1=O. The maximum absolute atomic E-state index is 12.4. The van der Waals surface area contributed by atoms with Gasteiger partial charge in [0.25, 0.3) is 5.56 Å². The molecule has 0 spiro atoms. The summed E-state index contributed by atoms with van der Waals surface area (Å²) in [7, 11) is 2.37. The number of aromatic nitrogens is 1. The Kier molecular flexibility index (Phi) is 5.02. The van der Waals surface area contributed by atoms with Crippen LogP contribution in [0.3, 0.4) is 0 Å². The lowest BCUT2D eigenvalue weighted by Crippen LogP contribution is -2.22. The van der Waals surface area contributed by atoms with Crippen molar-refractivity contribution in [2.24, 2.45) is 0 Å². The van der Waals surface area contributed by atoms with Crippen LogP contribution in [0.15, 0.2) is 29.2 Å². The number of H-pyrrole nitrogens is 1. The van der Waals surface area contributed by atoms with E-state index < -0.39 is 29.2 Å². The first-order chi connectivity index (χ1) is 13.0. The largest absolute Gasteiger partial charge is 0.506 e. The molecule has 2 aromatic rings. The van der Waals surface area contributed by atoms with Gasteiger partial charge in [0.2, 0.25) is 6.79 Å². The monoisotopic (exact) mass is 375 g/mol. The van der Waals surface area contributed by atoms with Crippen molar-refractivity contribution in [3.63, 3.8) is 0 Å². The molecule has 1 aliphatic rings. The normalized spacial score (nSPS) is 13.1. The highest BCUT2D eigenvalue weighted by Gasteiger charge is 2.29. The van der Waals surface area contributed by atoms with Gasteiger partial charge in [-0.2, -0.15) is 0 Å². The van der Waals surface area contributed by atoms with Gasteiger partial charge < -0.3 is 29.0 Å². The molecule has 0 bridgehead atoms. The van der Waals surface area contributed by atoms with Gasteiger partial charge >= 0.3 is 11.9 Å². The molecule has 0 aliphatic carbocycles. The summed E-state index contributed by atoms with van der Waals surface area (Å²) >= 11 is 0. The van der Waals surface area contributed by atoms with Crippen LogP contribution in [0.5, 0.6) is 17.2 Å². The smallest absolute Gasteiger partial charge is 0.343 e. The zero-order chi connectivity index (χ0) is 19.6. The Balaban J connectivity index is 2.16. The second kappa shape index (κ2) is 7.40. The Bertz CT molecular complexity index is 949. The number of ether oxygens (including phenoxy) is 4. The summed E-state index contributed by atoms with van der Waals surface area (Å²) in [6.45, 7) is 0.0596. The van der Waals surface area contributed by atoms with E-state index in [0.29, 0.717) is 17.1 Å². The number of methoxy groups -OCH3 is 2. The third-order valence-electron chi connectivity index (χ3n) is 4.25. The maximum atomic E-state index is 12.4. The predicted molar refractivity (Wildman–Crippen MR) is 91.1 cm³/mol. The first-order valence-electron chi connectivity index (χ1n) is 7.95. The van der Waals surface area contributed by atoms with Gasteiger partial charge in [0.1, 0.15) is 11.3 Å². The Morgan fingerprint density at radius 1 is 1.22 bits per heavy atom. The van der Waals surface area contributed by atoms with E-state index in [4.69, 9.17) is 14.2 Å². The molecule has 3 rings (SSSR count). The van der Waals surface area contributed by atoms with Crippen LogP contribution in [-0.4, -0.2) is 43.0 Å². The highest BCUT2D eigenvalue weighted by atomic mass is 16.7. The number of benzene rings is 1. The number of nitrogens with one attached hydrogen (secondary N) is 1. The summed E-state index contributed by atoms with van der Waals surface area (Å²) in [6, 6.07) is 4.89. The van der Waals surface area contributed by atoms with Crippen LogP contribution >= 0.6 is 0 Å². The lowest BCUT2D eigenvalue weighted by atomic mass is 9.87. The Morgan fingerprint density at radius 3 is 2.67 bits per heavy atom. The van der Waals surface area contributed by atoms with Crippen molar-refractivity contribution in [2.75, 3.05) is 21.0 Å². The number of hydrogen-bond acceptors (Lipinski definition) is 8. The number of aromatic amines is 1. The van der Waals surface area contributed by atoms with Gasteiger partial charge in [-0.3, -0.25) is 9.59 Å². The molecule has 1 aromatic heterocycles. The first kappa shape index (κ1) is 18.3. The maximum Gasteiger partial charge on any atom is 0.343 e. The fourth-order valence-corrected chi connectivity index (χ4v) is 2.89. The van der Waals surface area contributed by atoms with Crippen LogP contribution in [0.25, 0.3) is 0 Å². The number of carbonyl (C=O) groups is 2. The van der Waals surface area contributed by atoms with Crippen molar-refractivity contribution in [1.29, 1.82) is 0 Å². The van der Waals surface area contributed by atoms with Crippen LogP contribution in [0, 0.1) is 0 Å². The van der Waals surface area contributed by atoms with E-state index in [1.54, 1.807) is 18.2 Å². The molecule has 1 aliphatic heterocycles. The predicted octanol–water partition coefficient (Wildman–Crippen LogP) is 1.29. The molecule has 142 valence electrons. The number of aromatic hydroxyl groups is 1. The Morgan fingerprint density at radius 2 is 1.96 bits per heavy atom. The molecule has 0 fully saturated rings. The fraction of sp³-hybridized carbons (Fsp3) is 0.278. The lowest BCUT2D eigenvalue weighted by Gasteiger charge is -2.18. The van der Waals surface area contributed by atoms with Crippen molar-refractivity contribution in [2.45, 2.75) is 12.3 Å². The number of hydrogen-bond donors (Lipinski definition) is 2. The second-order valence-corrected chi connectivity index (χ2v) is 5.73. The summed E-state index contributed by atoms with van der Waals surface area (Å²) < 4.78 is 19.9. The Hall–Kier alpha value is -3.49. The van der Waals surface area contributed by atoms with Crippen molar-refractivity contribution < 1.29 is 33.6 Å². The molecule has 2 heterocycles. The minimum atomic E-state index is -0.889. The van der Waals surface area contributed by atoms with Crippen LogP contribution in [-0.2, 0) is 14.3 Å². The first-order valence-corrected chi connectivity index (χ1v) is 7.95. The van der Waals surface area contributed by atoms with E-state index in [0.717, 1.165) is 13.3 Å². The van der Waals surface area contributed by atoms with Gasteiger partial charge in [-0.1, -0.05) is 6.07 Å². The number of rotatable bonds is 5. The summed E-state index contributed by atoms with van der Waals surface area (Å²) in [5.41, 5.74) is -0.510. The number of fused-ring (bicyclic) bond motifs is 1. The van der Waals surface area contributed by atoms with Crippen LogP contribution in [0.1, 0.15) is 33.8 Å². The standard InChI is InChI=1S/C18H17NO8/c1-24-14(20)6-10(9-3-4-12-13(5-9)27-8-26-12)15-16(21)11(18(23)25-2)7-19-17(15)22/h3-5,7,10H,6,8H2,1-2H3,(H2,19,21,22)/t10-/m1/s1. The van der Waals surface area contributed by atoms with Crippen molar-refractivity contribution in [3.05, 3.63) is 51.4 Å². The van der Waals surface area contributed by atoms with Crippen LogP contribution in [0.2, 0.25) is 0 Å². The quantitative estimate of drug-likeness (QED) is 0.749. The van der Waals surface area contributed by atoms with Gasteiger partial charge in [0.05, 0.1) is 26.2 Å². The van der Waals surface area contributed by atoms with Gasteiger partial charge in [0.15, 0.2) is 11.5 Å². The van der Waals surface area contributed by atoms with E-state index in [2.05, 4.69) is 9.72 Å². The van der Waals surface area contributed by atoms with Crippen molar-refractivity contribution in [3.8, 4) is 17.2 Å². The second-order valence-electron chi connectivity index (χ2n) is 5.73. The van der Waals surface area contributed by atoms with E-state index in [1.807, 2.05) is 0 Å². The summed E-state index contributed by atoms with van der Waals surface area (Å²) in [5, 5.41) is 10.6. The van der Waals surface area contributed by atoms with E-state index in [9.17, 15) is 19.5 Å². The fourth-order valence-electron chi connectivity index (χ4n) is 2.89. The minimum Gasteiger partial charge on any atom is -0.506 e. The van der Waals surface area contributed by atoms with Gasteiger partial charge in [-0.15, -0.1) is 0 Å². The molecule has 27 heavy (non-hydrogen) atoms. The van der Waals surface area contributed by atoms with Crippen LogP contribution < -0.4 is 15.0 Å². The third-order valence-corrected chi connectivity index (χ3v) is 4.25.